The fourth-order valence-electron chi connectivity index (χ4n) is 2.57. The number of carbonyl (C=O) groups is 2. The molecular formula is C14H18ClN3O2. The quantitative estimate of drug-likeness (QED) is 0.792. The van der Waals surface area contributed by atoms with Gasteiger partial charge in [0.25, 0.3) is 0 Å². The van der Waals surface area contributed by atoms with Gasteiger partial charge < -0.3 is 16.8 Å². The van der Waals surface area contributed by atoms with Crippen LogP contribution in [0.2, 0.25) is 5.02 Å². The number of amides is 2. The first-order valence-electron chi connectivity index (χ1n) is 6.58. The van der Waals surface area contributed by atoms with E-state index in [0.717, 1.165) is 25.7 Å². The molecule has 0 spiro atoms. The summed E-state index contributed by atoms with van der Waals surface area (Å²) in [6, 6.07) is 4.60. The van der Waals surface area contributed by atoms with E-state index in [1.54, 1.807) is 6.07 Å². The summed E-state index contributed by atoms with van der Waals surface area (Å²) >= 11 is 5.93. The monoisotopic (exact) mass is 295 g/mol. The molecule has 20 heavy (non-hydrogen) atoms. The van der Waals surface area contributed by atoms with E-state index in [-0.39, 0.29) is 22.0 Å². The molecule has 108 valence electrons. The molecule has 2 amide bonds. The second-order valence-electron chi connectivity index (χ2n) is 5.35. The van der Waals surface area contributed by atoms with Crippen LogP contribution < -0.4 is 16.8 Å². The van der Waals surface area contributed by atoms with Gasteiger partial charge in [0.05, 0.1) is 10.6 Å². The number of rotatable bonds is 4. The van der Waals surface area contributed by atoms with Gasteiger partial charge in [-0.1, -0.05) is 24.4 Å². The molecule has 0 heterocycles. The molecule has 0 bridgehead atoms. The summed E-state index contributed by atoms with van der Waals surface area (Å²) in [4.78, 5) is 23.0. The maximum absolute atomic E-state index is 12.0. The molecule has 0 aliphatic heterocycles. The minimum atomic E-state index is -0.597. The fraction of sp³-hybridized carbons (Fsp3) is 0.429. The average Bonchev–Trinajstić information content (AvgIpc) is 2.74. The van der Waals surface area contributed by atoms with E-state index in [4.69, 9.17) is 23.1 Å². The molecule has 1 fully saturated rings. The predicted molar refractivity (Wildman–Crippen MR) is 78.6 cm³/mol. The Hall–Kier alpha value is -1.59. The van der Waals surface area contributed by atoms with Crippen LogP contribution in [0.3, 0.4) is 0 Å². The van der Waals surface area contributed by atoms with Crippen LogP contribution in [0.1, 0.15) is 42.5 Å². The lowest BCUT2D eigenvalue weighted by molar-refractivity contribution is -0.117. The summed E-state index contributed by atoms with van der Waals surface area (Å²) in [7, 11) is 0. The third-order valence-electron chi connectivity index (χ3n) is 3.63. The molecule has 1 aliphatic rings. The van der Waals surface area contributed by atoms with Gasteiger partial charge in [0.1, 0.15) is 0 Å². The van der Waals surface area contributed by atoms with E-state index in [0.29, 0.717) is 12.1 Å². The van der Waals surface area contributed by atoms with Crippen molar-refractivity contribution >= 4 is 29.1 Å². The van der Waals surface area contributed by atoms with Gasteiger partial charge in [0.15, 0.2) is 0 Å². The molecule has 0 aromatic heterocycles. The largest absolute Gasteiger partial charge is 0.366 e. The van der Waals surface area contributed by atoms with Gasteiger partial charge in [-0.3, -0.25) is 9.59 Å². The second kappa shape index (κ2) is 5.81. The summed E-state index contributed by atoms with van der Waals surface area (Å²) in [6.45, 7) is 0. The molecule has 1 aromatic rings. The van der Waals surface area contributed by atoms with E-state index in [1.165, 1.54) is 12.1 Å². The Bertz CT molecular complexity index is 539. The van der Waals surface area contributed by atoms with Crippen molar-refractivity contribution in [2.24, 2.45) is 11.5 Å². The van der Waals surface area contributed by atoms with Crippen LogP contribution in [0, 0.1) is 0 Å². The Kier molecular flexibility index (Phi) is 4.30. The van der Waals surface area contributed by atoms with Gasteiger partial charge in [0.2, 0.25) is 11.8 Å². The molecule has 0 atom stereocenters. The number of carbonyl (C=O) groups excluding carboxylic acids is 2. The summed E-state index contributed by atoms with van der Waals surface area (Å²) in [5.41, 5.74) is 11.7. The lowest BCUT2D eigenvalue weighted by Gasteiger charge is -2.22. The molecular weight excluding hydrogens is 278 g/mol. The third-order valence-corrected chi connectivity index (χ3v) is 3.94. The van der Waals surface area contributed by atoms with Crippen LogP contribution >= 0.6 is 11.6 Å². The lowest BCUT2D eigenvalue weighted by atomic mass is 9.94. The minimum Gasteiger partial charge on any atom is -0.366 e. The molecule has 5 N–H and O–H groups in total. The van der Waals surface area contributed by atoms with E-state index in [2.05, 4.69) is 5.32 Å². The normalized spacial score (nSPS) is 16.9. The maximum atomic E-state index is 12.0. The van der Waals surface area contributed by atoms with Gasteiger partial charge in [-0.15, -0.1) is 0 Å². The number of nitrogens with two attached hydrogens (primary N) is 2. The predicted octanol–water partition coefficient (Wildman–Crippen LogP) is 2.04. The molecule has 1 aromatic carbocycles. The minimum absolute atomic E-state index is 0.141. The van der Waals surface area contributed by atoms with Crippen LogP contribution in [-0.2, 0) is 4.79 Å². The van der Waals surface area contributed by atoms with Crippen molar-refractivity contribution in [3.63, 3.8) is 0 Å². The highest BCUT2D eigenvalue weighted by Crippen LogP contribution is 2.30. The fourth-order valence-corrected chi connectivity index (χ4v) is 2.85. The molecule has 1 saturated carbocycles. The molecule has 5 nitrogen and oxygen atoms in total. The van der Waals surface area contributed by atoms with Crippen molar-refractivity contribution < 1.29 is 9.59 Å². The smallest absolute Gasteiger partial charge is 0.250 e. The van der Waals surface area contributed by atoms with Crippen LogP contribution in [-0.4, -0.2) is 17.4 Å². The Morgan fingerprint density at radius 3 is 2.50 bits per heavy atom. The maximum Gasteiger partial charge on any atom is 0.250 e. The Balaban J connectivity index is 2.01. The van der Waals surface area contributed by atoms with Gasteiger partial charge >= 0.3 is 0 Å². The Morgan fingerprint density at radius 2 is 1.95 bits per heavy atom. The molecule has 2 rings (SSSR count). The third kappa shape index (κ3) is 3.49. The zero-order valence-corrected chi connectivity index (χ0v) is 11.9. The van der Waals surface area contributed by atoms with Crippen molar-refractivity contribution in [2.45, 2.75) is 37.6 Å². The zero-order valence-electron chi connectivity index (χ0n) is 11.1. The topological polar surface area (TPSA) is 98.2 Å². The van der Waals surface area contributed by atoms with Gasteiger partial charge in [-0.25, -0.2) is 0 Å². The zero-order chi connectivity index (χ0) is 14.8. The summed E-state index contributed by atoms with van der Waals surface area (Å²) < 4.78 is 0. The average molecular weight is 296 g/mol. The van der Waals surface area contributed by atoms with Crippen LogP contribution in [0.15, 0.2) is 18.2 Å². The first-order chi connectivity index (χ1) is 9.39. The second-order valence-corrected chi connectivity index (χ2v) is 5.76. The highest BCUT2D eigenvalue weighted by Gasteiger charge is 2.31. The van der Waals surface area contributed by atoms with E-state index < -0.39 is 5.91 Å². The number of benzene rings is 1. The van der Waals surface area contributed by atoms with Crippen molar-refractivity contribution in [1.82, 2.24) is 0 Å². The first kappa shape index (κ1) is 14.8. The number of hydrogen-bond donors (Lipinski definition) is 3. The summed E-state index contributed by atoms with van der Waals surface area (Å²) in [5, 5.41) is 2.97. The number of primary amides is 1. The number of hydrogen-bond acceptors (Lipinski definition) is 3. The van der Waals surface area contributed by atoms with E-state index in [1.807, 2.05) is 0 Å². The molecule has 0 unspecified atom stereocenters. The number of anilines is 1. The Labute approximate surface area is 122 Å². The van der Waals surface area contributed by atoms with Crippen LogP contribution in [0.4, 0.5) is 5.69 Å². The van der Waals surface area contributed by atoms with Gasteiger partial charge in [-0.05, 0) is 31.0 Å². The first-order valence-corrected chi connectivity index (χ1v) is 6.95. The van der Waals surface area contributed by atoms with Gasteiger partial charge in [0, 0.05) is 17.6 Å². The van der Waals surface area contributed by atoms with Crippen molar-refractivity contribution in [2.75, 3.05) is 5.32 Å². The number of halogens is 1. The number of nitrogens with one attached hydrogen (secondary N) is 1. The lowest BCUT2D eigenvalue weighted by Crippen LogP contribution is -2.40. The van der Waals surface area contributed by atoms with Gasteiger partial charge in [-0.2, -0.15) is 0 Å². The van der Waals surface area contributed by atoms with Crippen molar-refractivity contribution in [3.05, 3.63) is 28.8 Å². The standard InChI is InChI=1S/C14H18ClN3O2/c15-11-7-9(3-4-10(11)13(16)20)18-12(19)8-14(17)5-1-2-6-14/h3-4,7H,1-2,5-6,8,17H2,(H2,16,20)(H,18,19). The van der Waals surface area contributed by atoms with Crippen molar-refractivity contribution in [1.29, 1.82) is 0 Å². The molecule has 0 saturated heterocycles. The van der Waals surface area contributed by atoms with Crippen LogP contribution in [0.25, 0.3) is 0 Å². The SMILES string of the molecule is NC(=O)c1ccc(NC(=O)CC2(N)CCCC2)cc1Cl. The summed E-state index contributed by atoms with van der Waals surface area (Å²) in [5.74, 6) is -0.739. The molecule has 0 radical (unpaired) electrons. The van der Waals surface area contributed by atoms with E-state index in [9.17, 15) is 9.59 Å². The van der Waals surface area contributed by atoms with E-state index >= 15 is 0 Å². The highest BCUT2D eigenvalue weighted by molar-refractivity contribution is 6.34. The van der Waals surface area contributed by atoms with Crippen molar-refractivity contribution in [3.8, 4) is 0 Å². The summed E-state index contributed by atoms with van der Waals surface area (Å²) in [6.07, 6.45) is 4.19. The Morgan fingerprint density at radius 1 is 1.30 bits per heavy atom. The molecule has 1 aliphatic carbocycles. The highest BCUT2D eigenvalue weighted by atomic mass is 35.5. The molecule has 6 heteroatoms. The van der Waals surface area contributed by atoms with Crippen LogP contribution in [0.5, 0.6) is 0 Å².